The number of hydrogen-bond donors (Lipinski definition) is 0. The summed E-state index contributed by atoms with van der Waals surface area (Å²) in [5.41, 5.74) is 8.63. The molecule has 1 spiro atoms. The SMILES string of the molecule is C1=C(c2ccccc2)CSC2(C1)c1ccccc1-c1ccccc12. The first-order chi connectivity index (χ1) is 11.9. The molecule has 0 saturated carbocycles. The molecule has 1 aliphatic carbocycles. The third kappa shape index (κ3) is 1.94. The maximum Gasteiger partial charge on any atom is 0.0706 e. The Hall–Kier alpha value is -2.25. The van der Waals surface area contributed by atoms with Crippen molar-refractivity contribution < 1.29 is 0 Å². The topological polar surface area (TPSA) is 0 Å². The molecule has 0 N–H and O–H groups in total. The van der Waals surface area contributed by atoms with Crippen molar-refractivity contribution in [2.75, 3.05) is 5.75 Å². The largest absolute Gasteiger partial charge is 0.140 e. The first-order valence-corrected chi connectivity index (χ1v) is 9.45. The van der Waals surface area contributed by atoms with E-state index >= 15 is 0 Å². The molecule has 0 bridgehead atoms. The third-order valence-electron chi connectivity index (χ3n) is 5.27. The number of thioether (sulfide) groups is 1. The van der Waals surface area contributed by atoms with Crippen molar-refractivity contribution in [3.63, 3.8) is 0 Å². The van der Waals surface area contributed by atoms with Crippen LogP contribution in [0.1, 0.15) is 23.1 Å². The van der Waals surface area contributed by atoms with Gasteiger partial charge in [-0.2, -0.15) is 0 Å². The van der Waals surface area contributed by atoms with E-state index in [9.17, 15) is 0 Å². The van der Waals surface area contributed by atoms with E-state index in [4.69, 9.17) is 0 Å². The molecule has 1 aliphatic heterocycles. The zero-order chi connectivity index (χ0) is 16.0. The van der Waals surface area contributed by atoms with Gasteiger partial charge >= 0.3 is 0 Å². The first-order valence-electron chi connectivity index (χ1n) is 8.46. The van der Waals surface area contributed by atoms with Gasteiger partial charge in [-0.3, -0.25) is 0 Å². The molecule has 116 valence electrons. The average molecular weight is 326 g/mol. The second kappa shape index (κ2) is 5.39. The Morgan fingerprint density at radius 3 is 1.83 bits per heavy atom. The van der Waals surface area contributed by atoms with Crippen LogP contribution in [0.15, 0.2) is 84.9 Å². The summed E-state index contributed by atoms with van der Waals surface area (Å²) in [5, 5.41) is 0. The van der Waals surface area contributed by atoms with Crippen LogP contribution >= 0.6 is 11.8 Å². The minimum atomic E-state index is 0.0888. The number of benzene rings is 3. The van der Waals surface area contributed by atoms with Crippen LogP contribution in [0.5, 0.6) is 0 Å². The van der Waals surface area contributed by atoms with Gasteiger partial charge in [-0.15, -0.1) is 11.8 Å². The molecular formula is C23H18S. The van der Waals surface area contributed by atoms with Crippen molar-refractivity contribution in [2.45, 2.75) is 11.2 Å². The highest BCUT2D eigenvalue weighted by atomic mass is 32.2. The van der Waals surface area contributed by atoms with Gasteiger partial charge in [0.1, 0.15) is 0 Å². The predicted molar refractivity (Wildman–Crippen MR) is 104 cm³/mol. The van der Waals surface area contributed by atoms with Crippen molar-refractivity contribution in [1.29, 1.82) is 0 Å². The lowest BCUT2D eigenvalue weighted by Crippen LogP contribution is -2.23. The Labute approximate surface area is 147 Å². The summed E-state index contributed by atoms with van der Waals surface area (Å²) >= 11 is 2.09. The van der Waals surface area contributed by atoms with Crippen molar-refractivity contribution >= 4 is 17.3 Å². The highest BCUT2D eigenvalue weighted by molar-refractivity contribution is 8.00. The molecule has 0 nitrogen and oxygen atoms in total. The third-order valence-corrected chi connectivity index (χ3v) is 6.82. The van der Waals surface area contributed by atoms with E-state index in [1.165, 1.54) is 33.4 Å². The van der Waals surface area contributed by atoms with Gasteiger partial charge in [0.25, 0.3) is 0 Å². The van der Waals surface area contributed by atoms with Crippen LogP contribution in [0.4, 0.5) is 0 Å². The minimum absolute atomic E-state index is 0.0888. The molecule has 0 fully saturated rings. The molecule has 0 atom stereocenters. The second-order valence-corrected chi connectivity index (χ2v) is 7.78. The zero-order valence-corrected chi connectivity index (χ0v) is 14.2. The lowest BCUT2D eigenvalue weighted by atomic mass is 9.90. The van der Waals surface area contributed by atoms with E-state index in [1.54, 1.807) is 0 Å². The normalized spacial score (nSPS) is 17.2. The van der Waals surface area contributed by atoms with Crippen LogP contribution in [0, 0.1) is 0 Å². The molecule has 3 aromatic rings. The summed E-state index contributed by atoms with van der Waals surface area (Å²) in [5.74, 6) is 1.06. The fourth-order valence-electron chi connectivity index (χ4n) is 4.10. The predicted octanol–water partition coefficient (Wildman–Crippen LogP) is 6.13. The smallest absolute Gasteiger partial charge is 0.0706 e. The number of rotatable bonds is 1. The monoisotopic (exact) mass is 326 g/mol. The molecule has 3 aromatic carbocycles. The van der Waals surface area contributed by atoms with Crippen LogP contribution in [0.2, 0.25) is 0 Å². The molecule has 1 heterocycles. The van der Waals surface area contributed by atoms with Crippen molar-refractivity contribution in [2.24, 2.45) is 0 Å². The summed E-state index contributed by atoms with van der Waals surface area (Å²) in [7, 11) is 0. The maximum absolute atomic E-state index is 2.46. The average Bonchev–Trinajstić information content (AvgIpc) is 2.94. The van der Waals surface area contributed by atoms with Gasteiger partial charge in [0, 0.05) is 5.75 Å². The molecule has 0 aromatic heterocycles. The van der Waals surface area contributed by atoms with Crippen LogP contribution in [0.25, 0.3) is 16.7 Å². The molecule has 0 unspecified atom stereocenters. The molecule has 0 radical (unpaired) electrons. The molecule has 1 heteroatoms. The lowest BCUT2D eigenvalue weighted by molar-refractivity contribution is 0.773. The van der Waals surface area contributed by atoms with Gasteiger partial charge in [0.05, 0.1) is 4.75 Å². The van der Waals surface area contributed by atoms with E-state index in [0.717, 1.165) is 12.2 Å². The Morgan fingerprint density at radius 2 is 1.25 bits per heavy atom. The zero-order valence-electron chi connectivity index (χ0n) is 13.4. The van der Waals surface area contributed by atoms with Crippen molar-refractivity contribution in [3.05, 3.63) is 102 Å². The van der Waals surface area contributed by atoms with Crippen LogP contribution in [-0.2, 0) is 4.75 Å². The van der Waals surface area contributed by atoms with Crippen LogP contribution in [0.3, 0.4) is 0 Å². The molecule has 2 aliphatic rings. The Balaban J connectivity index is 1.64. The number of fused-ring (bicyclic) bond motifs is 5. The van der Waals surface area contributed by atoms with E-state index in [-0.39, 0.29) is 4.75 Å². The minimum Gasteiger partial charge on any atom is -0.140 e. The van der Waals surface area contributed by atoms with Gasteiger partial charge in [-0.1, -0.05) is 84.9 Å². The number of allylic oxidation sites excluding steroid dienone is 1. The first kappa shape index (κ1) is 14.1. The fraction of sp³-hybridized carbons (Fsp3) is 0.130. The quantitative estimate of drug-likeness (QED) is 0.518. The fourth-order valence-corrected chi connectivity index (χ4v) is 5.65. The molecule has 0 amide bonds. The van der Waals surface area contributed by atoms with E-state index in [1.807, 2.05) is 0 Å². The Bertz CT molecular complexity index is 892. The second-order valence-electron chi connectivity index (χ2n) is 6.51. The molecule has 5 rings (SSSR count). The summed E-state index contributed by atoms with van der Waals surface area (Å²) in [4.78, 5) is 0. The van der Waals surface area contributed by atoms with Gasteiger partial charge in [0.15, 0.2) is 0 Å². The highest BCUT2D eigenvalue weighted by Crippen LogP contribution is 2.59. The Morgan fingerprint density at radius 1 is 0.667 bits per heavy atom. The van der Waals surface area contributed by atoms with E-state index in [2.05, 4.69) is 96.7 Å². The Kier molecular flexibility index (Phi) is 3.17. The van der Waals surface area contributed by atoms with Crippen LogP contribution in [-0.4, -0.2) is 5.75 Å². The van der Waals surface area contributed by atoms with Gasteiger partial charge in [-0.25, -0.2) is 0 Å². The molecular weight excluding hydrogens is 308 g/mol. The summed E-state index contributed by atoms with van der Waals surface area (Å²) in [6.07, 6.45) is 3.53. The van der Waals surface area contributed by atoms with Gasteiger partial charge in [0.2, 0.25) is 0 Å². The van der Waals surface area contributed by atoms with E-state index < -0.39 is 0 Å². The summed E-state index contributed by atoms with van der Waals surface area (Å²) < 4.78 is 0.0888. The lowest BCUT2D eigenvalue weighted by Gasteiger charge is -2.34. The maximum atomic E-state index is 2.46. The van der Waals surface area contributed by atoms with E-state index in [0.29, 0.717) is 0 Å². The highest BCUT2D eigenvalue weighted by Gasteiger charge is 2.44. The van der Waals surface area contributed by atoms with Crippen molar-refractivity contribution in [1.82, 2.24) is 0 Å². The number of hydrogen-bond acceptors (Lipinski definition) is 1. The molecule has 24 heavy (non-hydrogen) atoms. The summed E-state index contributed by atoms with van der Waals surface area (Å²) in [6.45, 7) is 0. The van der Waals surface area contributed by atoms with Gasteiger partial charge in [-0.05, 0) is 39.8 Å². The van der Waals surface area contributed by atoms with Crippen molar-refractivity contribution in [3.8, 4) is 11.1 Å². The summed E-state index contributed by atoms with van der Waals surface area (Å²) in [6, 6.07) is 28.7. The molecule has 0 saturated heterocycles. The van der Waals surface area contributed by atoms with Gasteiger partial charge < -0.3 is 0 Å². The van der Waals surface area contributed by atoms with Crippen LogP contribution < -0.4 is 0 Å². The standard InChI is InChI=1S/C23H18S/c1-2-8-17(9-3-1)18-14-15-23(24-16-18)21-12-6-4-10-19(21)20-11-5-7-13-22(20)23/h1-14H,15-16H2.